The van der Waals surface area contributed by atoms with E-state index in [4.69, 9.17) is 8.83 Å². The van der Waals surface area contributed by atoms with Gasteiger partial charge < -0.3 is 13.7 Å². The Balaban J connectivity index is 1.04. The van der Waals surface area contributed by atoms with Crippen molar-refractivity contribution in [2.75, 3.05) is 4.90 Å². The summed E-state index contributed by atoms with van der Waals surface area (Å²) in [5.74, 6) is 0. The molecule has 13 rings (SSSR count). The number of fused-ring (bicyclic) bond motifs is 9. The van der Waals surface area contributed by atoms with Gasteiger partial charge in [0.2, 0.25) is 0 Å². The molecule has 300 valence electrons. The fourth-order valence-electron chi connectivity index (χ4n) is 10.4. The van der Waals surface area contributed by atoms with Gasteiger partial charge in [-0.25, -0.2) is 0 Å². The Morgan fingerprint density at radius 3 is 1.19 bits per heavy atom. The van der Waals surface area contributed by atoms with Crippen molar-refractivity contribution in [1.29, 1.82) is 0 Å². The second-order valence-electron chi connectivity index (χ2n) is 16.8. The molecule has 0 amide bonds. The third-order valence-electron chi connectivity index (χ3n) is 13.4. The summed E-state index contributed by atoms with van der Waals surface area (Å²) < 4.78 is 13.0. The molecule has 0 saturated carbocycles. The van der Waals surface area contributed by atoms with Gasteiger partial charge in [-0.2, -0.15) is 0 Å². The first kappa shape index (κ1) is 36.3. The summed E-state index contributed by atoms with van der Waals surface area (Å²) in [5.41, 5.74) is 18.1. The van der Waals surface area contributed by atoms with Crippen LogP contribution in [0.25, 0.3) is 77.3 Å². The molecule has 3 heteroatoms. The maximum atomic E-state index is 6.48. The van der Waals surface area contributed by atoms with Crippen molar-refractivity contribution in [3.05, 3.63) is 259 Å². The third kappa shape index (κ3) is 5.54. The van der Waals surface area contributed by atoms with Gasteiger partial charge >= 0.3 is 0 Å². The topological polar surface area (TPSA) is 29.5 Å². The molecule has 2 aromatic heterocycles. The molecule has 0 unspecified atom stereocenters. The number of rotatable bonds is 7. The zero-order valence-corrected chi connectivity index (χ0v) is 34.8. The quantitative estimate of drug-likeness (QED) is 0.160. The molecule has 0 aliphatic heterocycles. The van der Waals surface area contributed by atoms with Crippen LogP contribution in [-0.4, -0.2) is 0 Å². The molecule has 64 heavy (non-hydrogen) atoms. The Kier molecular flexibility index (Phi) is 8.13. The Hall–Kier alpha value is -8.40. The molecular formula is C61H39NO2. The number of hydrogen-bond acceptors (Lipinski definition) is 3. The van der Waals surface area contributed by atoms with Crippen LogP contribution in [0.1, 0.15) is 22.3 Å². The first-order valence-electron chi connectivity index (χ1n) is 21.9. The van der Waals surface area contributed by atoms with Crippen molar-refractivity contribution in [1.82, 2.24) is 0 Å². The van der Waals surface area contributed by atoms with E-state index in [0.29, 0.717) is 0 Å². The zero-order valence-electron chi connectivity index (χ0n) is 34.8. The first-order chi connectivity index (χ1) is 31.7. The zero-order chi connectivity index (χ0) is 42.2. The van der Waals surface area contributed by atoms with Crippen molar-refractivity contribution < 1.29 is 8.83 Å². The maximum absolute atomic E-state index is 6.48. The molecule has 2 heterocycles. The van der Waals surface area contributed by atoms with Crippen molar-refractivity contribution in [2.24, 2.45) is 0 Å². The lowest BCUT2D eigenvalue weighted by Crippen LogP contribution is -2.28. The van der Waals surface area contributed by atoms with Crippen LogP contribution in [0, 0.1) is 0 Å². The first-order valence-corrected chi connectivity index (χ1v) is 21.9. The Bertz CT molecular complexity index is 3510. The molecule has 0 saturated heterocycles. The summed E-state index contributed by atoms with van der Waals surface area (Å²) in [6.45, 7) is 0. The predicted octanol–water partition coefficient (Wildman–Crippen LogP) is 16.7. The lowest BCUT2D eigenvalue weighted by atomic mass is 9.67. The van der Waals surface area contributed by atoms with Crippen LogP contribution >= 0.6 is 0 Å². The van der Waals surface area contributed by atoms with Crippen LogP contribution in [0.5, 0.6) is 0 Å². The lowest BCUT2D eigenvalue weighted by Gasteiger charge is -2.35. The molecule has 0 fully saturated rings. The number of para-hydroxylation sites is 2. The molecule has 0 bridgehead atoms. The normalized spacial score (nSPS) is 12.8. The summed E-state index contributed by atoms with van der Waals surface area (Å²) >= 11 is 0. The molecule has 0 atom stereocenters. The van der Waals surface area contributed by atoms with Crippen LogP contribution in [0.2, 0.25) is 0 Å². The van der Waals surface area contributed by atoms with E-state index in [2.05, 4.69) is 217 Å². The van der Waals surface area contributed by atoms with E-state index >= 15 is 0 Å². The second kappa shape index (κ2) is 14.3. The van der Waals surface area contributed by atoms with Gasteiger partial charge in [-0.3, -0.25) is 0 Å². The highest BCUT2D eigenvalue weighted by molar-refractivity contribution is 6.08. The Labute approximate surface area is 370 Å². The van der Waals surface area contributed by atoms with E-state index in [-0.39, 0.29) is 0 Å². The summed E-state index contributed by atoms with van der Waals surface area (Å²) in [7, 11) is 0. The molecule has 10 aromatic carbocycles. The standard InChI is InChI=1S/C61H39NO2/c1-4-14-40(15-5-1)42-24-32-49-50-33-25-43(41-16-6-2-7-17-41)37-56(50)61(55(49)36-42,44-18-8-3-9-19-44)45-26-28-46(29-27-45)62(47-30-34-53-51-20-10-12-22-57(51)63-59(53)38-47)48-31-35-54-52-21-11-13-23-58(52)64-60(54)39-48/h1-39H. The van der Waals surface area contributed by atoms with E-state index in [1.54, 1.807) is 0 Å². The van der Waals surface area contributed by atoms with E-state index in [1.165, 1.54) is 55.6 Å². The summed E-state index contributed by atoms with van der Waals surface area (Å²) in [6, 6.07) is 85.5. The highest BCUT2D eigenvalue weighted by Crippen LogP contribution is 2.58. The fourth-order valence-corrected chi connectivity index (χ4v) is 10.4. The van der Waals surface area contributed by atoms with Crippen molar-refractivity contribution in [3.63, 3.8) is 0 Å². The summed E-state index contributed by atoms with van der Waals surface area (Å²) in [4.78, 5) is 2.32. The minimum Gasteiger partial charge on any atom is -0.456 e. The Morgan fingerprint density at radius 1 is 0.281 bits per heavy atom. The van der Waals surface area contributed by atoms with Gasteiger partial charge in [0.25, 0.3) is 0 Å². The predicted molar refractivity (Wildman–Crippen MR) is 264 cm³/mol. The average Bonchev–Trinajstić information content (AvgIpc) is 4.02. The molecule has 12 aromatic rings. The fraction of sp³-hybridized carbons (Fsp3) is 0.0164. The summed E-state index contributed by atoms with van der Waals surface area (Å²) in [6.07, 6.45) is 0. The minimum absolute atomic E-state index is 0.620. The van der Waals surface area contributed by atoms with Gasteiger partial charge in [0, 0.05) is 50.7 Å². The SMILES string of the molecule is c1ccc(-c2ccc3c(c2)C(c2ccccc2)(c2ccc(N(c4ccc5c(c4)oc4ccccc45)c4ccc5c(c4)oc4ccccc45)cc2)c2cc(-c4ccccc4)ccc2-3)cc1. The largest absolute Gasteiger partial charge is 0.456 e. The average molecular weight is 818 g/mol. The van der Waals surface area contributed by atoms with Gasteiger partial charge in [0.05, 0.1) is 5.41 Å². The minimum atomic E-state index is -0.620. The number of anilines is 3. The second-order valence-corrected chi connectivity index (χ2v) is 16.8. The highest BCUT2D eigenvalue weighted by Gasteiger charge is 2.46. The maximum Gasteiger partial charge on any atom is 0.137 e. The van der Waals surface area contributed by atoms with Crippen LogP contribution in [0.4, 0.5) is 17.1 Å². The van der Waals surface area contributed by atoms with Gasteiger partial charge in [-0.1, -0.05) is 164 Å². The molecular weight excluding hydrogens is 779 g/mol. The van der Waals surface area contributed by atoms with Crippen molar-refractivity contribution in [3.8, 4) is 33.4 Å². The highest BCUT2D eigenvalue weighted by atomic mass is 16.3. The number of nitrogens with zero attached hydrogens (tertiary/aromatic N) is 1. The van der Waals surface area contributed by atoms with E-state index in [9.17, 15) is 0 Å². The van der Waals surface area contributed by atoms with Crippen LogP contribution < -0.4 is 4.90 Å². The number of furan rings is 2. The smallest absolute Gasteiger partial charge is 0.137 e. The molecule has 0 radical (unpaired) electrons. The Morgan fingerprint density at radius 2 is 0.688 bits per heavy atom. The van der Waals surface area contributed by atoms with Gasteiger partial charge in [0.15, 0.2) is 0 Å². The monoisotopic (exact) mass is 817 g/mol. The van der Waals surface area contributed by atoms with Crippen molar-refractivity contribution >= 4 is 60.9 Å². The molecule has 3 nitrogen and oxygen atoms in total. The number of hydrogen-bond donors (Lipinski definition) is 0. The van der Waals surface area contributed by atoms with Gasteiger partial charge in [-0.15, -0.1) is 0 Å². The third-order valence-corrected chi connectivity index (χ3v) is 13.4. The van der Waals surface area contributed by atoms with Crippen molar-refractivity contribution in [2.45, 2.75) is 5.41 Å². The lowest BCUT2D eigenvalue weighted by molar-refractivity contribution is 0.669. The van der Waals surface area contributed by atoms with Crippen LogP contribution in [0.15, 0.2) is 245 Å². The van der Waals surface area contributed by atoms with Crippen LogP contribution in [-0.2, 0) is 5.41 Å². The summed E-state index contributed by atoms with van der Waals surface area (Å²) in [5, 5.41) is 4.40. The van der Waals surface area contributed by atoms with Crippen LogP contribution in [0.3, 0.4) is 0 Å². The van der Waals surface area contributed by atoms with Gasteiger partial charge in [0.1, 0.15) is 22.3 Å². The molecule has 1 aliphatic carbocycles. The molecule has 0 spiro atoms. The molecule has 0 N–H and O–H groups in total. The van der Waals surface area contributed by atoms with E-state index < -0.39 is 5.41 Å². The van der Waals surface area contributed by atoms with E-state index in [0.717, 1.165) is 60.9 Å². The molecule has 1 aliphatic rings. The van der Waals surface area contributed by atoms with Gasteiger partial charge in [-0.05, 0) is 116 Å². The number of benzene rings is 10. The van der Waals surface area contributed by atoms with E-state index in [1.807, 2.05) is 24.3 Å².